The molecular weight excluding hydrogens is 176 g/mol. The molecule has 1 aromatic rings. The molecule has 0 aliphatic carbocycles. The number of halogens is 1. The van der Waals surface area contributed by atoms with Gasteiger partial charge in [-0.25, -0.2) is 0 Å². The van der Waals surface area contributed by atoms with Gasteiger partial charge in [-0.05, 0) is 23.7 Å². The van der Waals surface area contributed by atoms with Crippen molar-refractivity contribution < 1.29 is 9.53 Å². The van der Waals surface area contributed by atoms with Crippen LogP contribution in [0.4, 0.5) is 0 Å². The molecule has 12 heavy (non-hydrogen) atoms. The maximum Gasteiger partial charge on any atom is 0.248 e. The van der Waals surface area contributed by atoms with Crippen LogP contribution in [0.2, 0.25) is 0 Å². The van der Waals surface area contributed by atoms with Crippen LogP contribution in [0.5, 0.6) is 5.75 Å². The second-order valence-corrected chi connectivity index (χ2v) is 2.41. The third kappa shape index (κ3) is 3.21. The van der Waals surface area contributed by atoms with Crippen LogP contribution < -0.4 is 4.74 Å². The number of para-hydroxylation sites is 1. The van der Waals surface area contributed by atoms with E-state index in [0.717, 1.165) is 6.08 Å². The molecule has 2 nitrogen and oxygen atoms in total. The Hall–Kier alpha value is -1.28. The lowest BCUT2D eigenvalue weighted by Crippen LogP contribution is -1.83. The molecular formula is C9H7ClO2. The quantitative estimate of drug-likeness (QED) is 0.408. The number of rotatable bonds is 3. The van der Waals surface area contributed by atoms with Crippen molar-refractivity contribution in [3.63, 3.8) is 0 Å². The van der Waals surface area contributed by atoms with E-state index in [1.54, 1.807) is 12.1 Å². The zero-order chi connectivity index (χ0) is 8.81. The van der Waals surface area contributed by atoms with E-state index in [-0.39, 0.29) is 0 Å². The summed E-state index contributed by atoms with van der Waals surface area (Å²) in [5.41, 5.74) is 0. The van der Waals surface area contributed by atoms with Crippen LogP contribution in [-0.2, 0) is 4.79 Å². The van der Waals surface area contributed by atoms with Crippen LogP contribution in [0, 0.1) is 0 Å². The second-order valence-electron chi connectivity index (χ2n) is 2.04. The van der Waals surface area contributed by atoms with Crippen LogP contribution in [0.3, 0.4) is 0 Å². The lowest BCUT2D eigenvalue weighted by atomic mass is 10.3. The Labute approximate surface area is 75.4 Å². The van der Waals surface area contributed by atoms with Crippen molar-refractivity contribution in [2.24, 2.45) is 0 Å². The molecule has 0 aromatic heterocycles. The van der Waals surface area contributed by atoms with Crippen LogP contribution >= 0.6 is 11.6 Å². The minimum absolute atomic E-state index is 0.550. The second kappa shape index (κ2) is 4.57. The predicted molar refractivity (Wildman–Crippen MR) is 47.1 cm³/mol. The van der Waals surface area contributed by atoms with Crippen molar-refractivity contribution in [2.75, 3.05) is 0 Å². The van der Waals surface area contributed by atoms with Crippen molar-refractivity contribution in [3.05, 3.63) is 42.7 Å². The number of carbonyl (C=O) groups excluding carboxylic acids is 1. The Bertz CT molecular complexity index is 280. The summed E-state index contributed by atoms with van der Waals surface area (Å²) in [6.07, 6.45) is 2.40. The van der Waals surface area contributed by atoms with Gasteiger partial charge in [-0.2, -0.15) is 0 Å². The third-order valence-electron chi connectivity index (χ3n) is 1.15. The molecule has 0 spiro atoms. The highest BCUT2D eigenvalue weighted by molar-refractivity contribution is 6.66. The standard InChI is InChI=1S/C9H7ClO2/c10-9(11)6-7-12-8-4-2-1-3-5-8/h1-7H. The van der Waals surface area contributed by atoms with Gasteiger partial charge in [0.1, 0.15) is 5.75 Å². The summed E-state index contributed by atoms with van der Waals surface area (Å²) in [7, 11) is 0. The van der Waals surface area contributed by atoms with Gasteiger partial charge in [-0.3, -0.25) is 4.79 Å². The molecule has 0 saturated heterocycles. The molecule has 0 radical (unpaired) electrons. The largest absolute Gasteiger partial charge is 0.465 e. The third-order valence-corrected chi connectivity index (χ3v) is 1.27. The van der Waals surface area contributed by atoms with E-state index >= 15 is 0 Å². The van der Waals surface area contributed by atoms with Gasteiger partial charge >= 0.3 is 0 Å². The molecule has 0 aliphatic rings. The van der Waals surface area contributed by atoms with E-state index in [1.165, 1.54) is 6.26 Å². The molecule has 3 heteroatoms. The summed E-state index contributed by atoms with van der Waals surface area (Å²) in [4.78, 5) is 10.2. The Kier molecular flexibility index (Phi) is 3.35. The number of carbonyl (C=O) groups is 1. The fraction of sp³-hybridized carbons (Fsp3) is 0. The number of hydrogen-bond acceptors (Lipinski definition) is 2. The molecule has 0 aliphatic heterocycles. The molecule has 0 saturated carbocycles. The van der Waals surface area contributed by atoms with Crippen molar-refractivity contribution in [1.82, 2.24) is 0 Å². The average molecular weight is 183 g/mol. The molecule has 0 bridgehead atoms. The van der Waals surface area contributed by atoms with Gasteiger partial charge < -0.3 is 4.74 Å². The van der Waals surface area contributed by atoms with Gasteiger partial charge in [0.25, 0.3) is 0 Å². The smallest absolute Gasteiger partial charge is 0.248 e. The molecule has 0 atom stereocenters. The first kappa shape index (κ1) is 8.81. The molecule has 0 amide bonds. The van der Waals surface area contributed by atoms with Crippen molar-refractivity contribution >= 4 is 16.8 Å². The van der Waals surface area contributed by atoms with Crippen LogP contribution in [-0.4, -0.2) is 5.24 Å². The Morgan fingerprint density at radius 1 is 1.33 bits per heavy atom. The van der Waals surface area contributed by atoms with Gasteiger partial charge in [0.15, 0.2) is 0 Å². The zero-order valence-corrected chi connectivity index (χ0v) is 6.99. The van der Waals surface area contributed by atoms with E-state index in [2.05, 4.69) is 0 Å². The molecule has 0 heterocycles. The Morgan fingerprint density at radius 3 is 2.58 bits per heavy atom. The van der Waals surface area contributed by atoms with Crippen molar-refractivity contribution in [1.29, 1.82) is 0 Å². The van der Waals surface area contributed by atoms with E-state index in [4.69, 9.17) is 16.3 Å². The Balaban J connectivity index is 2.49. The first-order valence-electron chi connectivity index (χ1n) is 3.37. The van der Waals surface area contributed by atoms with Gasteiger partial charge in [0.2, 0.25) is 5.24 Å². The highest BCUT2D eigenvalue weighted by Gasteiger charge is 1.87. The van der Waals surface area contributed by atoms with Gasteiger partial charge in [0, 0.05) is 6.08 Å². The average Bonchev–Trinajstić information content (AvgIpc) is 2.05. The van der Waals surface area contributed by atoms with Crippen LogP contribution in [0.1, 0.15) is 0 Å². The van der Waals surface area contributed by atoms with E-state index in [1.807, 2.05) is 18.2 Å². The maximum absolute atomic E-state index is 10.2. The van der Waals surface area contributed by atoms with Crippen molar-refractivity contribution in [2.45, 2.75) is 0 Å². The minimum atomic E-state index is -0.550. The molecule has 0 N–H and O–H groups in total. The lowest BCUT2D eigenvalue weighted by Gasteiger charge is -1.96. The summed E-state index contributed by atoms with van der Waals surface area (Å²) in [6.45, 7) is 0. The summed E-state index contributed by atoms with van der Waals surface area (Å²) < 4.78 is 5.03. The molecule has 0 fully saturated rings. The zero-order valence-electron chi connectivity index (χ0n) is 6.24. The monoisotopic (exact) mass is 182 g/mol. The molecule has 62 valence electrons. The fourth-order valence-corrected chi connectivity index (χ4v) is 0.717. The van der Waals surface area contributed by atoms with Gasteiger partial charge in [-0.1, -0.05) is 18.2 Å². The number of ether oxygens (including phenoxy) is 1. The van der Waals surface area contributed by atoms with Crippen LogP contribution in [0.15, 0.2) is 42.7 Å². The number of hydrogen-bond donors (Lipinski definition) is 0. The molecule has 0 unspecified atom stereocenters. The summed E-state index contributed by atoms with van der Waals surface area (Å²) in [5, 5.41) is -0.550. The fourth-order valence-electron chi connectivity index (χ4n) is 0.665. The normalized spacial score (nSPS) is 10.1. The lowest BCUT2D eigenvalue weighted by molar-refractivity contribution is -0.107. The number of benzene rings is 1. The summed E-state index contributed by atoms with van der Waals surface area (Å²) in [6, 6.07) is 9.12. The van der Waals surface area contributed by atoms with Gasteiger partial charge in [0.05, 0.1) is 6.26 Å². The van der Waals surface area contributed by atoms with Crippen molar-refractivity contribution in [3.8, 4) is 5.75 Å². The molecule has 1 rings (SSSR count). The molecule has 1 aromatic carbocycles. The highest BCUT2D eigenvalue weighted by Crippen LogP contribution is 2.08. The predicted octanol–water partition coefficient (Wildman–Crippen LogP) is 2.34. The number of allylic oxidation sites excluding steroid dienone is 1. The van der Waals surface area contributed by atoms with E-state index < -0.39 is 5.24 Å². The topological polar surface area (TPSA) is 26.3 Å². The minimum Gasteiger partial charge on any atom is -0.465 e. The summed E-state index contributed by atoms with van der Waals surface area (Å²) in [5.74, 6) is 0.673. The van der Waals surface area contributed by atoms with Crippen LogP contribution in [0.25, 0.3) is 0 Å². The maximum atomic E-state index is 10.2. The Morgan fingerprint density at radius 2 is 2.00 bits per heavy atom. The van der Waals surface area contributed by atoms with E-state index in [9.17, 15) is 4.79 Å². The highest BCUT2D eigenvalue weighted by atomic mass is 35.5. The van der Waals surface area contributed by atoms with Gasteiger partial charge in [-0.15, -0.1) is 0 Å². The first-order valence-corrected chi connectivity index (χ1v) is 3.74. The summed E-state index contributed by atoms with van der Waals surface area (Å²) >= 11 is 5.04. The van der Waals surface area contributed by atoms with E-state index in [0.29, 0.717) is 5.75 Å². The first-order chi connectivity index (χ1) is 5.79. The SMILES string of the molecule is O=C(Cl)C=COc1ccccc1.